The Bertz CT molecular complexity index is 1150. The van der Waals surface area contributed by atoms with E-state index < -0.39 is 10.8 Å². The molecular formula is C24H22N4O3. The van der Waals surface area contributed by atoms with Crippen LogP contribution in [0.2, 0.25) is 0 Å². The van der Waals surface area contributed by atoms with Crippen molar-refractivity contribution in [3.8, 4) is 0 Å². The van der Waals surface area contributed by atoms with Gasteiger partial charge in [0.25, 0.3) is 5.69 Å². The maximum atomic E-state index is 12.9. The summed E-state index contributed by atoms with van der Waals surface area (Å²) in [5.74, 6) is -0.762. The number of nitrogens with zero attached hydrogens (tertiary/aromatic N) is 3. The number of rotatable bonds is 6. The molecule has 7 nitrogen and oxygen atoms in total. The molecule has 3 aromatic rings. The van der Waals surface area contributed by atoms with E-state index in [1.165, 1.54) is 12.1 Å². The number of nitro benzene ring substituents is 1. The van der Waals surface area contributed by atoms with E-state index in [2.05, 4.69) is 10.2 Å². The van der Waals surface area contributed by atoms with Crippen LogP contribution in [0.25, 0.3) is 0 Å². The number of fused-ring (bicyclic) bond motifs is 1. The summed E-state index contributed by atoms with van der Waals surface area (Å²) < 4.78 is 0. The monoisotopic (exact) mass is 414 g/mol. The highest BCUT2D eigenvalue weighted by Gasteiger charge is 2.35. The van der Waals surface area contributed by atoms with Crippen molar-refractivity contribution in [1.82, 2.24) is 4.90 Å². The van der Waals surface area contributed by atoms with Crippen molar-refractivity contribution in [2.75, 3.05) is 19.4 Å². The summed E-state index contributed by atoms with van der Waals surface area (Å²) in [6.45, 7) is 0.817. The van der Waals surface area contributed by atoms with Crippen molar-refractivity contribution < 1.29 is 9.72 Å². The van der Waals surface area contributed by atoms with Gasteiger partial charge in [0.2, 0.25) is 5.91 Å². The summed E-state index contributed by atoms with van der Waals surface area (Å²) in [4.78, 5) is 30.4. The molecule has 1 unspecified atom stereocenters. The highest BCUT2D eigenvalue weighted by molar-refractivity contribution is 6.24. The standard InChI is InChI=1S/C24H22N4O3/c1-27(2)15-16-7-11-18(12-8-16)25-23(17-9-13-19(14-10-17)28(30)31)22-20-5-3-4-6-21(20)26-24(22)29/h3-14,22H,15H2,1-2H3,(H,26,29). The Kier molecular flexibility index (Phi) is 5.60. The number of hydrogen-bond donors (Lipinski definition) is 1. The van der Waals surface area contributed by atoms with Gasteiger partial charge in [-0.15, -0.1) is 0 Å². The highest BCUT2D eigenvalue weighted by atomic mass is 16.6. The summed E-state index contributed by atoms with van der Waals surface area (Å²) >= 11 is 0. The van der Waals surface area contributed by atoms with E-state index in [0.717, 1.165) is 23.4 Å². The number of carbonyl (C=O) groups excluding carboxylic acids is 1. The Morgan fingerprint density at radius 1 is 1.03 bits per heavy atom. The number of aliphatic imine (C=N–C) groups is 1. The molecular weight excluding hydrogens is 392 g/mol. The number of non-ortho nitro benzene ring substituents is 1. The normalized spacial score (nSPS) is 15.6. The van der Waals surface area contributed by atoms with Gasteiger partial charge in [0.05, 0.1) is 16.3 Å². The van der Waals surface area contributed by atoms with Crippen molar-refractivity contribution in [2.45, 2.75) is 12.5 Å². The van der Waals surface area contributed by atoms with Crippen LogP contribution in [0.4, 0.5) is 17.1 Å². The van der Waals surface area contributed by atoms with Crippen LogP contribution in [0.5, 0.6) is 0 Å². The Labute approximate surface area is 180 Å². The van der Waals surface area contributed by atoms with Gasteiger partial charge in [0.15, 0.2) is 0 Å². The number of amides is 1. The lowest BCUT2D eigenvalue weighted by molar-refractivity contribution is -0.384. The summed E-state index contributed by atoms with van der Waals surface area (Å²) in [6.07, 6.45) is 0. The zero-order chi connectivity index (χ0) is 22.0. The van der Waals surface area contributed by atoms with Crippen molar-refractivity contribution in [2.24, 2.45) is 4.99 Å². The van der Waals surface area contributed by atoms with Crippen molar-refractivity contribution in [1.29, 1.82) is 0 Å². The van der Waals surface area contributed by atoms with E-state index >= 15 is 0 Å². The third-order valence-corrected chi connectivity index (χ3v) is 5.12. The fourth-order valence-corrected chi connectivity index (χ4v) is 3.71. The minimum Gasteiger partial charge on any atom is -0.325 e. The topological polar surface area (TPSA) is 87.8 Å². The molecule has 0 saturated carbocycles. The predicted molar refractivity (Wildman–Crippen MR) is 121 cm³/mol. The van der Waals surface area contributed by atoms with Gasteiger partial charge in [0.1, 0.15) is 5.92 Å². The molecule has 0 spiro atoms. The fourth-order valence-electron chi connectivity index (χ4n) is 3.71. The van der Waals surface area contributed by atoms with Crippen LogP contribution in [-0.4, -0.2) is 35.5 Å². The maximum Gasteiger partial charge on any atom is 0.269 e. The Morgan fingerprint density at radius 2 is 1.71 bits per heavy atom. The zero-order valence-corrected chi connectivity index (χ0v) is 17.3. The molecule has 0 saturated heterocycles. The Morgan fingerprint density at radius 3 is 2.35 bits per heavy atom. The van der Waals surface area contributed by atoms with Gasteiger partial charge in [-0.25, -0.2) is 0 Å². The van der Waals surface area contributed by atoms with E-state index in [1.54, 1.807) is 12.1 Å². The highest BCUT2D eigenvalue weighted by Crippen LogP contribution is 2.36. The molecule has 3 aromatic carbocycles. The first kappa shape index (κ1) is 20.4. The molecule has 31 heavy (non-hydrogen) atoms. The lowest BCUT2D eigenvalue weighted by atomic mass is 9.90. The molecule has 1 amide bonds. The van der Waals surface area contributed by atoms with Crippen LogP contribution in [0.1, 0.15) is 22.6 Å². The predicted octanol–water partition coefficient (Wildman–Crippen LogP) is 4.51. The van der Waals surface area contributed by atoms with Crippen molar-refractivity contribution >= 4 is 28.7 Å². The number of nitrogens with one attached hydrogen (secondary N) is 1. The van der Waals surface area contributed by atoms with E-state index in [4.69, 9.17) is 4.99 Å². The largest absolute Gasteiger partial charge is 0.325 e. The van der Waals surface area contributed by atoms with Crippen LogP contribution in [-0.2, 0) is 11.3 Å². The van der Waals surface area contributed by atoms with Gasteiger partial charge >= 0.3 is 0 Å². The molecule has 0 fully saturated rings. The molecule has 1 atom stereocenters. The number of anilines is 1. The minimum atomic E-state index is -0.598. The summed E-state index contributed by atoms with van der Waals surface area (Å²) in [5, 5.41) is 14.0. The van der Waals surface area contributed by atoms with Gasteiger partial charge in [-0.05, 0) is 61.1 Å². The molecule has 1 heterocycles. The smallest absolute Gasteiger partial charge is 0.269 e. The van der Waals surface area contributed by atoms with E-state index in [1.807, 2.05) is 62.6 Å². The van der Waals surface area contributed by atoms with Crippen LogP contribution >= 0.6 is 0 Å². The number of nitro groups is 1. The number of para-hydroxylation sites is 1. The first-order valence-electron chi connectivity index (χ1n) is 9.89. The first-order valence-corrected chi connectivity index (χ1v) is 9.89. The van der Waals surface area contributed by atoms with Crippen LogP contribution in [0, 0.1) is 10.1 Å². The summed E-state index contributed by atoms with van der Waals surface area (Å²) in [7, 11) is 4.02. The van der Waals surface area contributed by atoms with Crippen molar-refractivity contribution in [3.05, 3.63) is 99.6 Å². The van der Waals surface area contributed by atoms with Gasteiger partial charge in [-0.2, -0.15) is 0 Å². The van der Waals surface area contributed by atoms with E-state index in [9.17, 15) is 14.9 Å². The average Bonchev–Trinajstić information content (AvgIpc) is 3.08. The van der Waals surface area contributed by atoms with Crippen LogP contribution < -0.4 is 5.32 Å². The lowest BCUT2D eigenvalue weighted by Crippen LogP contribution is -2.22. The second-order valence-electron chi connectivity index (χ2n) is 7.71. The molecule has 156 valence electrons. The van der Waals surface area contributed by atoms with Crippen molar-refractivity contribution in [3.63, 3.8) is 0 Å². The molecule has 1 aliphatic heterocycles. The van der Waals surface area contributed by atoms with Gasteiger partial charge in [-0.1, -0.05) is 30.3 Å². The van der Waals surface area contributed by atoms with Crippen LogP contribution in [0.3, 0.4) is 0 Å². The molecule has 0 aromatic heterocycles. The summed E-state index contributed by atoms with van der Waals surface area (Å²) in [6, 6.07) is 21.5. The Hall–Kier alpha value is -3.84. The number of carbonyl (C=O) groups is 1. The molecule has 0 bridgehead atoms. The minimum absolute atomic E-state index is 0.00703. The molecule has 4 rings (SSSR count). The maximum absolute atomic E-state index is 12.9. The molecule has 1 aliphatic rings. The second-order valence-corrected chi connectivity index (χ2v) is 7.71. The molecule has 0 aliphatic carbocycles. The number of hydrogen-bond acceptors (Lipinski definition) is 5. The third-order valence-electron chi connectivity index (χ3n) is 5.12. The third kappa shape index (κ3) is 4.36. The fraction of sp³-hybridized carbons (Fsp3) is 0.167. The quantitative estimate of drug-likeness (QED) is 0.365. The average molecular weight is 414 g/mol. The second kappa shape index (κ2) is 8.49. The SMILES string of the molecule is CN(C)Cc1ccc(N=C(c2ccc([N+](=O)[O-])cc2)C2C(=O)Nc3ccccc32)cc1. The first-order chi connectivity index (χ1) is 14.9. The number of benzene rings is 3. The van der Waals surface area contributed by atoms with Crippen LogP contribution in [0.15, 0.2) is 77.8 Å². The van der Waals surface area contributed by atoms with E-state index in [-0.39, 0.29) is 11.6 Å². The molecule has 1 N–H and O–H groups in total. The van der Waals surface area contributed by atoms with Gasteiger partial charge in [-0.3, -0.25) is 19.9 Å². The van der Waals surface area contributed by atoms with Gasteiger partial charge in [0, 0.05) is 24.4 Å². The zero-order valence-electron chi connectivity index (χ0n) is 17.3. The lowest BCUT2D eigenvalue weighted by Gasteiger charge is -2.14. The molecule has 0 radical (unpaired) electrons. The van der Waals surface area contributed by atoms with Gasteiger partial charge < -0.3 is 10.2 Å². The van der Waals surface area contributed by atoms with E-state index in [0.29, 0.717) is 17.0 Å². The Balaban J connectivity index is 1.79. The summed E-state index contributed by atoms with van der Waals surface area (Å²) in [5.41, 5.74) is 4.69. The molecule has 7 heteroatoms.